The highest BCUT2D eigenvalue weighted by Crippen LogP contribution is 2.27. The molecule has 0 bridgehead atoms. The van der Waals surface area contributed by atoms with Gasteiger partial charge in [0, 0.05) is 11.4 Å². The Labute approximate surface area is 119 Å². The van der Waals surface area contributed by atoms with Crippen molar-refractivity contribution in [1.29, 1.82) is 0 Å². The maximum atomic E-state index is 10.7. The SMILES string of the molecule is Cc1ccc(C(C)(O)Cc2ccc(Cl)cc2)cc1C. The van der Waals surface area contributed by atoms with Crippen LogP contribution in [0.2, 0.25) is 5.02 Å². The summed E-state index contributed by atoms with van der Waals surface area (Å²) in [5.41, 5.74) is 3.60. The van der Waals surface area contributed by atoms with Crippen LogP contribution in [0, 0.1) is 13.8 Å². The van der Waals surface area contributed by atoms with E-state index in [4.69, 9.17) is 11.6 Å². The Hall–Kier alpha value is -1.31. The number of halogens is 1. The van der Waals surface area contributed by atoms with Crippen molar-refractivity contribution in [3.63, 3.8) is 0 Å². The van der Waals surface area contributed by atoms with Crippen LogP contribution in [0.3, 0.4) is 0 Å². The zero-order valence-corrected chi connectivity index (χ0v) is 12.3. The second kappa shape index (κ2) is 5.36. The number of hydrogen-bond donors (Lipinski definition) is 1. The summed E-state index contributed by atoms with van der Waals surface area (Å²) in [4.78, 5) is 0. The molecule has 2 heteroatoms. The molecule has 0 saturated heterocycles. The summed E-state index contributed by atoms with van der Waals surface area (Å²) in [7, 11) is 0. The Morgan fingerprint density at radius 1 is 1.00 bits per heavy atom. The Morgan fingerprint density at radius 2 is 1.63 bits per heavy atom. The summed E-state index contributed by atoms with van der Waals surface area (Å²) in [6, 6.07) is 13.7. The molecule has 0 aliphatic rings. The fourth-order valence-corrected chi connectivity index (χ4v) is 2.30. The van der Waals surface area contributed by atoms with E-state index in [9.17, 15) is 5.11 Å². The number of rotatable bonds is 3. The topological polar surface area (TPSA) is 20.2 Å². The van der Waals surface area contributed by atoms with Crippen molar-refractivity contribution < 1.29 is 5.11 Å². The van der Waals surface area contributed by atoms with Crippen molar-refractivity contribution in [2.45, 2.75) is 32.8 Å². The minimum atomic E-state index is -0.869. The molecule has 2 aromatic rings. The lowest BCUT2D eigenvalue weighted by atomic mass is 9.87. The molecule has 1 atom stereocenters. The Balaban J connectivity index is 2.26. The molecule has 0 fully saturated rings. The summed E-state index contributed by atoms with van der Waals surface area (Å²) in [5, 5.41) is 11.4. The summed E-state index contributed by atoms with van der Waals surface area (Å²) >= 11 is 5.88. The summed E-state index contributed by atoms with van der Waals surface area (Å²) in [5.74, 6) is 0. The van der Waals surface area contributed by atoms with E-state index in [0.717, 1.165) is 16.1 Å². The van der Waals surface area contributed by atoms with E-state index in [1.165, 1.54) is 11.1 Å². The first-order valence-electron chi connectivity index (χ1n) is 6.43. The maximum Gasteiger partial charge on any atom is 0.0908 e. The Bertz CT molecular complexity index is 570. The molecule has 19 heavy (non-hydrogen) atoms. The van der Waals surface area contributed by atoms with E-state index in [1.807, 2.05) is 37.3 Å². The van der Waals surface area contributed by atoms with Crippen molar-refractivity contribution in [2.24, 2.45) is 0 Å². The van der Waals surface area contributed by atoms with Gasteiger partial charge >= 0.3 is 0 Å². The second-order valence-electron chi connectivity index (χ2n) is 5.38. The molecule has 100 valence electrons. The molecular weight excluding hydrogens is 256 g/mol. The molecule has 2 rings (SSSR count). The summed E-state index contributed by atoms with van der Waals surface area (Å²) < 4.78 is 0. The lowest BCUT2D eigenvalue weighted by molar-refractivity contribution is 0.0575. The van der Waals surface area contributed by atoms with Gasteiger partial charge in [0.1, 0.15) is 0 Å². The van der Waals surface area contributed by atoms with Crippen LogP contribution in [0.1, 0.15) is 29.2 Å². The molecule has 1 nitrogen and oxygen atoms in total. The molecule has 0 aliphatic carbocycles. The quantitative estimate of drug-likeness (QED) is 0.879. The van der Waals surface area contributed by atoms with Gasteiger partial charge in [-0.25, -0.2) is 0 Å². The van der Waals surface area contributed by atoms with E-state index in [0.29, 0.717) is 6.42 Å². The number of aliphatic hydroxyl groups is 1. The molecule has 0 spiro atoms. The highest BCUT2D eigenvalue weighted by Gasteiger charge is 2.23. The fraction of sp³-hybridized carbons (Fsp3) is 0.294. The third-order valence-corrected chi connectivity index (χ3v) is 3.84. The lowest BCUT2D eigenvalue weighted by Crippen LogP contribution is -2.24. The lowest BCUT2D eigenvalue weighted by Gasteiger charge is -2.25. The van der Waals surface area contributed by atoms with Crippen LogP contribution in [-0.4, -0.2) is 5.11 Å². The van der Waals surface area contributed by atoms with Crippen LogP contribution in [0.5, 0.6) is 0 Å². The highest BCUT2D eigenvalue weighted by atomic mass is 35.5. The van der Waals surface area contributed by atoms with Gasteiger partial charge in [0.05, 0.1) is 5.60 Å². The predicted octanol–water partition coefficient (Wildman–Crippen LogP) is 4.41. The summed E-state index contributed by atoms with van der Waals surface area (Å²) in [6.45, 7) is 6.00. The molecule has 0 aromatic heterocycles. The first kappa shape index (κ1) is 14.1. The minimum Gasteiger partial charge on any atom is -0.385 e. The van der Waals surface area contributed by atoms with Gasteiger partial charge in [0.25, 0.3) is 0 Å². The third kappa shape index (κ3) is 3.37. The molecule has 1 unspecified atom stereocenters. The van der Waals surface area contributed by atoms with Gasteiger partial charge in [0.15, 0.2) is 0 Å². The Kier molecular flexibility index (Phi) is 3.98. The van der Waals surface area contributed by atoms with Crippen LogP contribution < -0.4 is 0 Å². The molecule has 0 radical (unpaired) electrons. The van der Waals surface area contributed by atoms with Crippen molar-refractivity contribution in [3.05, 3.63) is 69.7 Å². The zero-order chi connectivity index (χ0) is 14.0. The average molecular weight is 275 g/mol. The standard InChI is InChI=1S/C17H19ClO/c1-12-4-7-15(10-13(12)2)17(3,19)11-14-5-8-16(18)9-6-14/h4-10,19H,11H2,1-3H3. The second-order valence-corrected chi connectivity index (χ2v) is 5.81. The van der Waals surface area contributed by atoms with Gasteiger partial charge in [-0.2, -0.15) is 0 Å². The largest absolute Gasteiger partial charge is 0.385 e. The van der Waals surface area contributed by atoms with Crippen LogP contribution in [0.25, 0.3) is 0 Å². The molecular formula is C17H19ClO. The monoisotopic (exact) mass is 274 g/mol. The van der Waals surface area contributed by atoms with Gasteiger partial charge in [-0.15, -0.1) is 0 Å². The van der Waals surface area contributed by atoms with E-state index in [2.05, 4.69) is 26.0 Å². The van der Waals surface area contributed by atoms with Gasteiger partial charge in [-0.1, -0.05) is 41.9 Å². The number of benzene rings is 2. The van der Waals surface area contributed by atoms with E-state index < -0.39 is 5.60 Å². The molecule has 0 saturated carbocycles. The van der Waals surface area contributed by atoms with Gasteiger partial charge in [0.2, 0.25) is 0 Å². The van der Waals surface area contributed by atoms with Crippen LogP contribution in [-0.2, 0) is 12.0 Å². The van der Waals surface area contributed by atoms with Crippen molar-refractivity contribution >= 4 is 11.6 Å². The van der Waals surface area contributed by atoms with Gasteiger partial charge < -0.3 is 5.11 Å². The third-order valence-electron chi connectivity index (χ3n) is 3.59. The molecule has 0 heterocycles. The average Bonchev–Trinajstić information content (AvgIpc) is 2.35. The van der Waals surface area contributed by atoms with Gasteiger partial charge in [-0.3, -0.25) is 0 Å². The molecule has 2 aromatic carbocycles. The first-order chi connectivity index (χ1) is 8.88. The van der Waals surface area contributed by atoms with Crippen LogP contribution >= 0.6 is 11.6 Å². The first-order valence-corrected chi connectivity index (χ1v) is 6.81. The predicted molar refractivity (Wildman–Crippen MR) is 80.6 cm³/mol. The molecule has 0 amide bonds. The smallest absolute Gasteiger partial charge is 0.0908 e. The highest BCUT2D eigenvalue weighted by molar-refractivity contribution is 6.30. The van der Waals surface area contributed by atoms with E-state index >= 15 is 0 Å². The van der Waals surface area contributed by atoms with Crippen molar-refractivity contribution in [3.8, 4) is 0 Å². The van der Waals surface area contributed by atoms with Gasteiger partial charge in [-0.05, 0) is 55.2 Å². The fourth-order valence-electron chi connectivity index (χ4n) is 2.18. The van der Waals surface area contributed by atoms with Crippen LogP contribution in [0.4, 0.5) is 0 Å². The number of hydrogen-bond acceptors (Lipinski definition) is 1. The minimum absolute atomic E-state index is 0.576. The van der Waals surface area contributed by atoms with E-state index in [-0.39, 0.29) is 0 Å². The Morgan fingerprint density at radius 3 is 2.21 bits per heavy atom. The van der Waals surface area contributed by atoms with E-state index in [1.54, 1.807) is 0 Å². The molecule has 0 aliphatic heterocycles. The number of aryl methyl sites for hydroxylation is 2. The summed E-state index contributed by atoms with van der Waals surface area (Å²) in [6.07, 6.45) is 0.576. The normalized spacial score (nSPS) is 14.2. The maximum absolute atomic E-state index is 10.7. The zero-order valence-electron chi connectivity index (χ0n) is 11.6. The van der Waals surface area contributed by atoms with Crippen molar-refractivity contribution in [2.75, 3.05) is 0 Å². The van der Waals surface area contributed by atoms with Crippen molar-refractivity contribution in [1.82, 2.24) is 0 Å². The van der Waals surface area contributed by atoms with Crippen LogP contribution in [0.15, 0.2) is 42.5 Å². The molecule has 1 N–H and O–H groups in total.